The number of rotatable bonds is 5. The van der Waals surface area contributed by atoms with Crippen molar-refractivity contribution in [3.8, 4) is 17.7 Å². The Balaban J connectivity index is 1.32. The summed E-state index contributed by atoms with van der Waals surface area (Å²) in [5, 5.41) is 9.51. The van der Waals surface area contributed by atoms with Crippen molar-refractivity contribution < 1.29 is 22.0 Å². The van der Waals surface area contributed by atoms with Gasteiger partial charge in [0.2, 0.25) is 21.6 Å². The summed E-state index contributed by atoms with van der Waals surface area (Å²) in [6.45, 7) is 2.46. The van der Waals surface area contributed by atoms with Crippen LogP contribution in [0.4, 0.5) is 5.88 Å². The summed E-state index contributed by atoms with van der Waals surface area (Å²) in [5.41, 5.74) is 0.332. The Labute approximate surface area is 203 Å². The number of hydrogen-bond acceptors (Lipinski definition) is 8. The van der Waals surface area contributed by atoms with E-state index in [0.29, 0.717) is 50.9 Å². The molecule has 1 aromatic carbocycles. The number of piperazine rings is 1. The number of furan rings is 1. The molecule has 0 saturated carbocycles. The second-order valence-electron chi connectivity index (χ2n) is 8.50. The van der Waals surface area contributed by atoms with Crippen molar-refractivity contribution >= 4 is 21.8 Å². The van der Waals surface area contributed by atoms with Crippen LogP contribution in [0.3, 0.4) is 0 Å². The smallest absolute Gasteiger partial charge is 0.266 e. The molecule has 2 aromatic heterocycles. The zero-order valence-corrected chi connectivity index (χ0v) is 19.9. The molecule has 2 aliphatic heterocycles. The van der Waals surface area contributed by atoms with Gasteiger partial charge in [-0.15, -0.1) is 0 Å². The number of benzene rings is 1. The number of piperidine rings is 1. The van der Waals surface area contributed by atoms with Crippen LogP contribution < -0.4 is 4.90 Å². The molecule has 0 unspecified atom stereocenters. The summed E-state index contributed by atoms with van der Waals surface area (Å²) in [7, 11) is -3.75. The number of sulfonamides is 1. The first-order chi connectivity index (χ1) is 17.0. The van der Waals surface area contributed by atoms with E-state index in [-0.39, 0.29) is 28.0 Å². The Morgan fingerprint density at radius 3 is 2.40 bits per heavy atom. The first kappa shape index (κ1) is 23.1. The average molecular weight is 496 g/mol. The number of oxazole rings is 1. The average Bonchev–Trinajstić information content (AvgIpc) is 3.59. The topological polar surface area (TPSA) is 124 Å². The highest BCUT2D eigenvalue weighted by Gasteiger charge is 2.33. The second kappa shape index (κ2) is 9.56. The van der Waals surface area contributed by atoms with Crippen LogP contribution in [0, 0.1) is 11.3 Å². The van der Waals surface area contributed by atoms with Crippen LogP contribution in [0.5, 0.6) is 0 Å². The third kappa shape index (κ3) is 4.42. The van der Waals surface area contributed by atoms with Crippen LogP contribution in [0.15, 0.2) is 56.4 Å². The van der Waals surface area contributed by atoms with Gasteiger partial charge in [0.25, 0.3) is 11.8 Å². The number of carbonyl (C=O) groups is 1. The largest absolute Gasteiger partial charge is 0.459 e. The van der Waals surface area contributed by atoms with Gasteiger partial charge in [-0.1, -0.05) is 18.6 Å². The summed E-state index contributed by atoms with van der Waals surface area (Å²) >= 11 is 0. The van der Waals surface area contributed by atoms with Crippen molar-refractivity contribution in [3.05, 3.63) is 53.9 Å². The molecule has 2 saturated heterocycles. The Kier molecular flexibility index (Phi) is 6.32. The molecule has 2 aliphatic rings. The van der Waals surface area contributed by atoms with Gasteiger partial charge in [0.05, 0.1) is 16.7 Å². The highest BCUT2D eigenvalue weighted by atomic mass is 32.2. The molecule has 3 aromatic rings. The third-order valence-corrected chi connectivity index (χ3v) is 8.31. The predicted molar refractivity (Wildman–Crippen MR) is 126 cm³/mol. The predicted octanol–water partition coefficient (Wildman–Crippen LogP) is 2.94. The molecule has 5 rings (SSSR count). The zero-order chi connectivity index (χ0) is 24.4. The van der Waals surface area contributed by atoms with Crippen molar-refractivity contribution in [2.45, 2.75) is 24.2 Å². The summed E-state index contributed by atoms with van der Waals surface area (Å²) < 4.78 is 39.2. The van der Waals surface area contributed by atoms with E-state index < -0.39 is 10.0 Å². The minimum absolute atomic E-state index is 0.0550. The molecule has 0 atom stereocenters. The van der Waals surface area contributed by atoms with Crippen molar-refractivity contribution in [1.29, 1.82) is 5.26 Å². The lowest BCUT2D eigenvalue weighted by atomic mass is 10.2. The maximum Gasteiger partial charge on any atom is 0.266 e. The van der Waals surface area contributed by atoms with E-state index in [1.165, 1.54) is 16.6 Å². The van der Waals surface area contributed by atoms with E-state index in [0.717, 1.165) is 19.3 Å². The van der Waals surface area contributed by atoms with E-state index >= 15 is 0 Å². The molecule has 182 valence electrons. The number of carbonyl (C=O) groups excluding carboxylic acids is 1. The van der Waals surface area contributed by atoms with E-state index in [4.69, 9.17) is 8.83 Å². The van der Waals surface area contributed by atoms with Crippen LogP contribution in [0.25, 0.3) is 11.7 Å². The summed E-state index contributed by atoms with van der Waals surface area (Å²) in [5.74, 6) is 0.652. The number of nitrogens with zero attached hydrogens (tertiary/aromatic N) is 5. The molecular formula is C24H25N5O5S. The molecule has 0 spiro atoms. The fourth-order valence-corrected chi connectivity index (χ4v) is 6.20. The number of aromatic nitrogens is 1. The van der Waals surface area contributed by atoms with E-state index in [9.17, 15) is 18.5 Å². The monoisotopic (exact) mass is 495 g/mol. The minimum atomic E-state index is -3.75. The molecule has 11 heteroatoms. The number of amides is 1. The first-order valence-electron chi connectivity index (χ1n) is 11.6. The standard InChI is InChI=1S/C24H25N5O5S/c25-17-19-24(34-22(26-19)20-8-6-16-33-20)28-14-12-27(13-15-28)23(30)18-7-2-3-9-21(18)35(31,32)29-10-4-1-5-11-29/h2-3,6-9,16H,1,4-5,10-15H2. The van der Waals surface area contributed by atoms with Gasteiger partial charge in [0, 0.05) is 39.3 Å². The first-order valence-corrected chi connectivity index (χ1v) is 13.0. The van der Waals surface area contributed by atoms with Crippen molar-refractivity contribution in [1.82, 2.24) is 14.2 Å². The fraction of sp³-hybridized carbons (Fsp3) is 0.375. The highest BCUT2D eigenvalue weighted by Crippen LogP contribution is 2.30. The van der Waals surface area contributed by atoms with Gasteiger partial charge in [-0.05, 0) is 37.1 Å². The van der Waals surface area contributed by atoms with Gasteiger partial charge in [-0.25, -0.2) is 8.42 Å². The molecule has 2 fully saturated rings. The Morgan fingerprint density at radius 1 is 0.971 bits per heavy atom. The number of hydrogen-bond donors (Lipinski definition) is 0. The maximum atomic E-state index is 13.4. The van der Waals surface area contributed by atoms with Gasteiger partial charge in [-0.2, -0.15) is 14.6 Å². The Hall–Kier alpha value is -3.62. The quantitative estimate of drug-likeness (QED) is 0.529. The molecular weight excluding hydrogens is 470 g/mol. The lowest BCUT2D eigenvalue weighted by Gasteiger charge is -2.35. The molecule has 4 heterocycles. The van der Waals surface area contributed by atoms with Crippen LogP contribution in [0.2, 0.25) is 0 Å². The molecule has 0 radical (unpaired) electrons. The highest BCUT2D eigenvalue weighted by molar-refractivity contribution is 7.89. The van der Waals surface area contributed by atoms with E-state index in [2.05, 4.69) is 11.1 Å². The van der Waals surface area contributed by atoms with Crippen molar-refractivity contribution in [2.75, 3.05) is 44.2 Å². The van der Waals surface area contributed by atoms with Crippen LogP contribution >= 0.6 is 0 Å². The lowest BCUT2D eigenvalue weighted by molar-refractivity contribution is 0.0741. The Bertz CT molecular complexity index is 1350. The van der Waals surface area contributed by atoms with E-state index in [1.807, 2.05) is 4.90 Å². The molecule has 1 amide bonds. The van der Waals surface area contributed by atoms with E-state index in [1.54, 1.807) is 35.2 Å². The minimum Gasteiger partial charge on any atom is -0.459 e. The lowest BCUT2D eigenvalue weighted by Crippen LogP contribution is -2.49. The van der Waals surface area contributed by atoms with Gasteiger partial charge < -0.3 is 18.6 Å². The molecule has 0 aliphatic carbocycles. The number of nitriles is 1. The Morgan fingerprint density at radius 2 is 1.71 bits per heavy atom. The zero-order valence-electron chi connectivity index (χ0n) is 19.1. The maximum absolute atomic E-state index is 13.4. The normalized spacial score (nSPS) is 17.3. The second-order valence-corrected chi connectivity index (χ2v) is 10.4. The van der Waals surface area contributed by atoms with Crippen molar-refractivity contribution in [3.63, 3.8) is 0 Å². The fourth-order valence-electron chi connectivity index (χ4n) is 4.50. The summed E-state index contributed by atoms with van der Waals surface area (Å²) in [6.07, 6.45) is 4.16. The summed E-state index contributed by atoms with van der Waals surface area (Å²) in [4.78, 5) is 21.2. The van der Waals surface area contributed by atoms with Gasteiger partial charge in [0.1, 0.15) is 6.07 Å². The molecule has 0 bridgehead atoms. The van der Waals surface area contributed by atoms with Gasteiger partial charge in [0.15, 0.2) is 5.76 Å². The van der Waals surface area contributed by atoms with Gasteiger partial charge >= 0.3 is 0 Å². The molecule has 0 N–H and O–H groups in total. The third-order valence-electron chi connectivity index (χ3n) is 6.35. The van der Waals surface area contributed by atoms with Crippen LogP contribution in [-0.2, 0) is 10.0 Å². The van der Waals surface area contributed by atoms with Crippen LogP contribution in [-0.4, -0.2) is 67.8 Å². The number of anilines is 1. The molecule has 35 heavy (non-hydrogen) atoms. The van der Waals surface area contributed by atoms with Crippen LogP contribution in [0.1, 0.15) is 35.3 Å². The SMILES string of the molecule is N#Cc1nc(-c2ccco2)oc1N1CCN(C(=O)c2ccccc2S(=O)(=O)N2CCCCC2)CC1. The van der Waals surface area contributed by atoms with Gasteiger partial charge in [-0.3, -0.25) is 4.79 Å². The molecule has 10 nitrogen and oxygen atoms in total. The summed E-state index contributed by atoms with van der Waals surface area (Å²) in [6, 6.07) is 11.9. The van der Waals surface area contributed by atoms with Crippen molar-refractivity contribution in [2.24, 2.45) is 0 Å².